The van der Waals surface area contributed by atoms with Gasteiger partial charge < -0.3 is 19.5 Å². The van der Waals surface area contributed by atoms with Gasteiger partial charge in [0.05, 0.1) is 7.11 Å². The van der Waals surface area contributed by atoms with Crippen molar-refractivity contribution >= 4 is 23.8 Å². The molecule has 1 N–H and O–H groups in total. The van der Waals surface area contributed by atoms with Gasteiger partial charge in [0, 0.05) is 12.8 Å². The predicted octanol–water partition coefficient (Wildman–Crippen LogP) is -0.0609. The van der Waals surface area contributed by atoms with E-state index in [4.69, 9.17) is 9.47 Å². The zero-order valence-electron chi connectivity index (χ0n) is 12.9. The Morgan fingerprint density at radius 3 is 2.55 bits per heavy atom. The summed E-state index contributed by atoms with van der Waals surface area (Å²) in [7, 11) is 1.23. The third-order valence-corrected chi connectivity index (χ3v) is 3.02. The van der Waals surface area contributed by atoms with Gasteiger partial charge in [-0.15, -0.1) is 0 Å². The number of amides is 1. The van der Waals surface area contributed by atoms with E-state index in [2.05, 4.69) is 10.1 Å². The highest BCUT2D eigenvalue weighted by molar-refractivity contribution is 5.87. The molecule has 0 aromatic carbocycles. The molecule has 1 fully saturated rings. The third-order valence-electron chi connectivity index (χ3n) is 3.02. The molecule has 8 nitrogen and oxygen atoms in total. The molecule has 22 heavy (non-hydrogen) atoms. The smallest absolute Gasteiger partial charge is 0.347 e. The topological polar surface area (TPSA) is 108 Å². The van der Waals surface area contributed by atoms with Crippen LogP contribution in [0.2, 0.25) is 0 Å². The first-order valence-electron chi connectivity index (χ1n) is 7.06. The molecule has 0 bridgehead atoms. The fourth-order valence-corrected chi connectivity index (χ4v) is 1.98. The first kappa shape index (κ1) is 17.9. The standard InChI is InChI=1S/C14H21NO7/c1-8(2)6-9(13(18)20-3)15-11(16)7-21-14(19)10-4-5-12(17)22-10/h8-10H,4-7H2,1-3H3,(H,15,16)/t9-,10-/m0/s1. The summed E-state index contributed by atoms with van der Waals surface area (Å²) in [5, 5.41) is 2.46. The third kappa shape index (κ3) is 5.71. The van der Waals surface area contributed by atoms with Crippen molar-refractivity contribution in [1.29, 1.82) is 0 Å². The molecule has 0 unspecified atom stereocenters. The second-order valence-corrected chi connectivity index (χ2v) is 5.40. The van der Waals surface area contributed by atoms with Crippen LogP contribution < -0.4 is 5.32 Å². The highest BCUT2D eigenvalue weighted by Crippen LogP contribution is 2.14. The number of rotatable bonds is 7. The predicted molar refractivity (Wildman–Crippen MR) is 73.5 cm³/mol. The van der Waals surface area contributed by atoms with Crippen LogP contribution in [0.3, 0.4) is 0 Å². The van der Waals surface area contributed by atoms with Crippen LogP contribution >= 0.6 is 0 Å². The lowest BCUT2D eigenvalue weighted by Gasteiger charge is -2.18. The van der Waals surface area contributed by atoms with Crippen LogP contribution in [0.5, 0.6) is 0 Å². The summed E-state index contributed by atoms with van der Waals surface area (Å²) in [6.07, 6.45) is -0.137. The van der Waals surface area contributed by atoms with Crippen LogP contribution in [-0.4, -0.2) is 49.7 Å². The number of methoxy groups -OCH3 is 1. The molecule has 1 saturated heterocycles. The van der Waals surface area contributed by atoms with Gasteiger partial charge >= 0.3 is 17.9 Å². The lowest BCUT2D eigenvalue weighted by atomic mass is 10.0. The number of cyclic esters (lactones) is 1. The Morgan fingerprint density at radius 1 is 1.36 bits per heavy atom. The molecule has 0 saturated carbocycles. The summed E-state index contributed by atoms with van der Waals surface area (Å²) >= 11 is 0. The summed E-state index contributed by atoms with van der Waals surface area (Å²) in [5.41, 5.74) is 0. The minimum Gasteiger partial charge on any atom is -0.467 e. The van der Waals surface area contributed by atoms with E-state index in [0.717, 1.165) is 0 Å². The van der Waals surface area contributed by atoms with Crippen molar-refractivity contribution in [1.82, 2.24) is 5.32 Å². The van der Waals surface area contributed by atoms with Gasteiger partial charge in [0.2, 0.25) is 0 Å². The van der Waals surface area contributed by atoms with E-state index in [1.54, 1.807) is 0 Å². The zero-order valence-corrected chi connectivity index (χ0v) is 12.9. The highest BCUT2D eigenvalue weighted by Gasteiger charge is 2.31. The fourth-order valence-electron chi connectivity index (χ4n) is 1.98. The summed E-state index contributed by atoms with van der Waals surface area (Å²) in [4.78, 5) is 45.8. The van der Waals surface area contributed by atoms with E-state index >= 15 is 0 Å². The molecule has 0 radical (unpaired) electrons. The van der Waals surface area contributed by atoms with Crippen LogP contribution in [0.25, 0.3) is 0 Å². The maximum Gasteiger partial charge on any atom is 0.347 e. The largest absolute Gasteiger partial charge is 0.467 e. The van der Waals surface area contributed by atoms with Crippen molar-refractivity contribution in [2.24, 2.45) is 5.92 Å². The lowest BCUT2D eigenvalue weighted by molar-refractivity contribution is -0.163. The quantitative estimate of drug-likeness (QED) is 0.518. The Morgan fingerprint density at radius 2 is 2.05 bits per heavy atom. The van der Waals surface area contributed by atoms with Gasteiger partial charge in [-0.25, -0.2) is 9.59 Å². The molecular formula is C14H21NO7. The Kier molecular flexibility index (Phi) is 6.81. The first-order valence-corrected chi connectivity index (χ1v) is 7.06. The second kappa shape index (κ2) is 8.35. The summed E-state index contributed by atoms with van der Waals surface area (Å²) in [6, 6.07) is -0.791. The number of hydrogen-bond acceptors (Lipinski definition) is 7. The van der Waals surface area contributed by atoms with Crippen LogP contribution in [0, 0.1) is 5.92 Å². The Labute approximate surface area is 128 Å². The molecule has 1 aliphatic heterocycles. The van der Waals surface area contributed by atoms with E-state index < -0.39 is 42.6 Å². The Bertz CT molecular complexity index is 446. The first-order chi connectivity index (χ1) is 10.3. The molecule has 0 spiro atoms. The molecule has 2 atom stereocenters. The van der Waals surface area contributed by atoms with E-state index in [9.17, 15) is 19.2 Å². The Hall–Kier alpha value is -2.12. The monoisotopic (exact) mass is 315 g/mol. The van der Waals surface area contributed by atoms with Crippen LogP contribution in [0.4, 0.5) is 0 Å². The number of esters is 3. The Balaban J connectivity index is 2.41. The van der Waals surface area contributed by atoms with Gasteiger partial charge in [-0.3, -0.25) is 9.59 Å². The number of hydrogen-bond donors (Lipinski definition) is 1. The van der Waals surface area contributed by atoms with E-state index in [1.807, 2.05) is 13.8 Å². The van der Waals surface area contributed by atoms with E-state index in [-0.39, 0.29) is 18.8 Å². The molecular weight excluding hydrogens is 294 g/mol. The normalized spacial score (nSPS) is 18.5. The molecule has 0 aliphatic carbocycles. The number of carbonyl (C=O) groups is 4. The van der Waals surface area contributed by atoms with Crippen LogP contribution in [0.1, 0.15) is 33.1 Å². The lowest BCUT2D eigenvalue weighted by Crippen LogP contribution is -2.44. The maximum absolute atomic E-state index is 11.7. The van der Waals surface area contributed by atoms with Crippen molar-refractivity contribution in [3.8, 4) is 0 Å². The number of ether oxygens (including phenoxy) is 3. The van der Waals surface area contributed by atoms with Crippen molar-refractivity contribution in [2.45, 2.75) is 45.3 Å². The van der Waals surface area contributed by atoms with Gasteiger partial charge in [-0.05, 0) is 12.3 Å². The number of carbonyl (C=O) groups excluding carboxylic acids is 4. The van der Waals surface area contributed by atoms with Crippen LogP contribution in [-0.2, 0) is 33.4 Å². The average molecular weight is 315 g/mol. The molecule has 8 heteroatoms. The van der Waals surface area contributed by atoms with Crippen molar-refractivity contribution in [2.75, 3.05) is 13.7 Å². The molecule has 124 valence electrons. The molecule has 0 aromatic heterocycles. The maximum atomic E-state index is 11.7. The zero-order chi connectivity index (χ0) is 16.7. The summed E-state index contributed by atoms with van der Waals surface area (Å²) < 4.78 is 14.1. The minimum absolute atomic E-state index is 0.158. The van der Waals surface area contributed by atoms with Gasteiger partial charge in [-0.2, -0.15) is 0 Å². The van der Waals surface area contributed by atoms with Gasteiger partial charge in [0.15, 0.2) is 12.7 Å². The van der Waals surface area contributed by atoms with Crippen molar-refractivity contribution < 1.29 is 33.4 Å². The van der Waals surface area contributed by atoms with Crippen molar-refractivity contribution in [3.05, 3.63) is 0 Å². The van der Waals surface area contributed by atoms with Crippen LogP contribution in [0.15, 0.2) is 0 Å². The van der Waals surface area contributed by atoms with E-state index in [0.29, 0.717) is 6.42 Å². The van der Waals surface area contributed by atoms with Gasteiger partial charge in [0.1, 0.15) is 6.04 Å². The van der Waals surface area contributed by atoms with E-state index in [1.165, 1.54) is 7.11 Å². The van der Waals surface area contributed by atoms with Crippen molar-refractivity contribution in [3.63, 3.8) is 0 Å². The molecule has 1 aliphatic rings. The summed E-state index contributed by atoms with van der Waals surface area (Å²) in [5.74, 6) is -2.23. The number of nitrogens with one attached hydrogen (secondary N) is 1. The second-order valence-electron chi connectivity index (χ2n) is 5.40. The van der Waals surface area contributed by atoms with Gasteiger partial charge in [-0.1, -0.05) is 13.8 Å². The minimum atomic E-state index is -0.952. The fraction of sp³-hybridized carbons (Fsp3) is 0.714. The average Bonchev–Trinajstić information content (AvgIpc) is 2.89. The van der Waals surface area contributed by atoms with Gasteiger partial charge in [0.25, 0.3) is 5.91 Å². The summed E-state index contributed by atoms with van der Waals surface area (Å²) in [6.45, 7) is 3.26. The molecule has 1 rings (SSSR count). The SMILES string of the molecule is COC(=O)[C@H](CC(C)C)NC(=O)COC(=O)[C@@H]1CCC(=O)O1. The molecule has 0 aromatic rings. The molecule has 1 heterocycles. The molecule has 1 amide bonds. The highest BCUT2D eigenvalue weighted by atomic mass is 16.6.